The van der Waals surface area contributed by atoms with Gasteiger partial charge in [-0.3, -0.25) is 9.00 Å². The van der Waals surface area contributed by atoms with Gasteiger partial charge in [0.05, 0.1) is 39.0 Å². The lowest BCUT2D eigenvalue weighted by Gasteiger charge is -2.46. The SMILES string of the molecule is C[C@@H](O)[C@H]1C(=O)N2C(C(=O)O)=C(S(=O)[C@@H]3CN[C@H](CNS(N)(=O)=O)C3)[C@H](C)[C@H]12. The van der Waals surface area contributed by atoms with Crippen molar-refractivity contribution in [1.82, 2.24) is 14.9 Å². The van der Waals surface area contributed by atoms with Crippen molar-refractivity contribution < 1.29 is 32.4 Å². The highest BCUT2D eigenvalue weighted by atomic mass is 32.2. The topological polar surface area (TPSA) is 179 Å². The maximum atomic E-state index is 13.2. The summed E-state index contributed by atoms with van der Waals surface area (Å²) in [5.74, 6) is -2.98. The Bertz CT molecular complexity index is 856. The quantitative estimate of drug-likeness (QED) is 0.270. The molecule has 6 N–H and O–H groups in total. The monoisotopic (exact) mass is 436 g/mol. The first-order valence-electron chi connectivity index (χ1n) is 8.84. The van der Waals surface area contributed by atoms with Gasteiger partial charge < -0.3 is 20.4 Å². The summed E-state index contributed by atoms with van der Waals surface area (Å²) in [6.07, 6.45) is -0.572. The Morgan fingerprint density at radius 1 is 1.50 bits per heavy atom. The van der Waals surface area contributed by atoms with E-state index in [9.17, 15) is 32.4 Å². The molecule has 2 saturated heterocycles. The van der Waals surface area contributed by atoms with Crippen LogP contribution in [0.5, 0.6) is 0 Å². The molecule has 1 unspecified atom stereocenters. The number of aliphatic hydroxyl groups is 1. The molecule has 0 aromatic carbocycles. The van der Waals surface area contributed by atoms with Gasteiger partial charge in [-0.15, -0.1) is 0 Å². The van der Waals surface area contributed by atoms with Crippen molar-refractivity contribution in [2.24, 2.45) is 17.0 Å². The van der Waals surface area contributed by atoms with E-state index >= 15 is 0 Å². The second-order valence-electron chi connectivity index (χ2n) is 7.43. The van der Waals surface area contributed by atoms with Gasteiger partial charge in [0.1, 0.15) is 5.70 Å². The summed E-state index contributed by atoms with van der Waals surface area (Å²) in [4.78, 5) is 25.5. The van der Waals surface area contributed by atoms with Crippen molar-refractivity contribution in [2.45, 2.75) is 43.7 Å². The van der Waals surface area contributed by atoms with Gasteiger partial charge in [0, 0.05) is 25.0 Å². The van der Waals surface area contributed by atoms with Crippen LogP contribution in [-0.2, 0) is 30.6 Å². The van der Waals surface area contributed by atoms with Crippen LogP contribution in [0.15, 0.2) is 10.6 Å². The van der Waals surface area contributed by atoms with Gasteiger partial charge in [-0.2, -0.15) is 8.42 Å². The second kappa shape index (κ2) is 7.46. The fraction of sp³-hybridized carbons (Fsp3) is 0.733. The third kappa shape index (κ3) is 3.62. The molecule has 0 aromatic rings. The maximum Gasteiger partial charge on any atom is 0.353 e. The zero-order valence-electron chi connectivity index (χ0n) is 15.4. The number of amides is 1. The summed E-state index contributed by atoms with van der Waals surface area (Å²) in [6, 6.07) is -0.812. The number of carbonyl (C=O) groups is 2. The second-order valence-corrected chi connectivity index (χ2v) is 10.5. The molecule has 3 heterocycles. The average Bonchev–Trinajstić information content (AvgIpc) is 3.13. The van der Waals surface area contributed by atoms with E-state index in [-0.39, 0.29) is 23.2 Å². The first kappa shape index (κ1) is 21.3. The van der Waals surface area contributed by atoms with E-state index in [4.69, 9.17) is 5.14 Å². The first-order chi connectivity index (χ1) is 12.9. The van der Waals surface area contributed by atoms with Crippen LogP contribution in [0.2, 0.25) is 0 Å². The molecule has 158 valence electrons. The number of hydrogen-bond acceptors (Lipinski definition) is 7. The largest absolute Gasteiger partial charge is 0.477 e. The van der Waals surface area contributed by atoms with Crippen LogP contribution < -0.4 is 15.2 Å². The Morgan fingerprint density at radius 3 is 2.68 bits per heavy atom. The number of β-lactam (4-membered cyclic amide) rings is 1. The average molecular weight is 437 g/mol. The molecule has 0 aromatic heterocycles. The first-order valence-corrected chi connectivity index (χ1v) is 11.6. The summed E-state index contributed by atoms with van der Waals surface area (Å²) in [7, 11) is -5.53. The third-order valence-electron chi connectivity index (χ3n) is 5.54. The highest BCUT2D eigenvalue weighted by molar-refractivity contribution is 7.89. The summed E-state index contributed by atoms with van der Waals surface area (Å²) in [5, 5.41) is 27.0. The lowest BCUT2D eigenvalue weighted by molar-refractivity contribution is -0.163. The van der Waals surface area contributed by atoms with E-state index in [1.54, 1.807) is 6.92 Å². The van der Waals surface area contributed by atoms with Crippen molar-refractivity contribution in [3.63, 3.8) is 0 Å². The molecule has 3 aliphatic heterocycles. The number of nitrogens with one attached hydrogen (secondary N) is 2. The highest BCUT2D eigenvalue weighted by Gasteiger charge is 2.61. The fourth-order valence-corrected chi connectivity index (χ4v) is 6.62. The Kier molecular flexibility index (Phi) is 5.68. The third-order valence-corrected chi connectivity index (χ3v) is 8.08. The minimum Gasteiger partial charge on any atom is -0.477 e. The Labute approximate surface area is 165 Å². The van der Waals surface area contributed by atoms with Gasteiger partial charge >= 0.3 is 5.97 Å². The van der Waals surface area contributed by atoms with Crippen molar-refractivity contribution in [1.29, 1.82) is 0 Å². The Morgan fingerprint density at radius 2 is 2.14 bits per heavy atom. The molecule has 3 rings (SSSR count). The van der Waals surface area contributed by atoms with E-state index in [0.29, 0.717) is 13.0 Å². The minimum absolute atomic E-state index is 0.0320. The standard InChI is InChI=1S/C15H24N4O7S2/c1-6-11-10(7(2)20)14(21)19(11)12(15(22)23)13(6)27(24)9-3-8(17-5-9)4-18-28(16,25)26/h6-11,17-18,20H,3-5H2,1-2H3,(H,22,23)(H2,16,25,26)/t6-,7-,8+,9+,10-,11-,27?/m1/s1. The molecule has 0 radical (unpaired) electrons. The fourth-order valence-electron chi connectivity index (χ4n) is 4.29. The van der Waals surface area contributed by atoms with Gasteiger partial charge in [0.2, 0.25) is 5.91 Å². The molecule has 0 saturated carbocycles. The van der Waals surface area contributed by atoms with E-state index in [2.05, 4.69) is 10.0 Å². The Balaban J connectivity index is 1.79. The number of carboxylic acid groups (broad SMARTS) is 1. The molecule has 2 fully saturated rings. The number of rotatable bonds is 7. The molecule has 28 heavy (non-hydrogen) atoms. The molecule has 0 spiro atoms. The van der Waals surface area contributed by atoms with Crippen LogP contribution in [0, 0.1) is 11.8 Å². The van der Waals surface area contributed by atoms with Crippen LogP contribution in [0.25, 0.3) is 0 Å². The lowest BCUT2D eigenvalue weighted by Crippen LogP contribution is -2.63. The number of hydrogen-bond donors (Lipinski definition) is 5. The molecule has 11 nitrogen and oxygen atoms in total. The van der Waals surface area contributed by atoms with Gasteiger partial charge in [-0.25, -0.2) is 14.7 Å². The number of aliphatic hydroxyl groups excluding tert-OH is 1. The van der Waals surface area contributed by atoms with Gasteiger partial charge in [0.15, 0.2) is 0 Å². The van der Waals surface area contributed by atoms with Gasteiger partial charge in [-0.1, -0.05) is 6.92 Å². The molecule has 1 amide bonds. The summed E-state index contributed by atoms with van der Waals surface area (Å²) in [6.45, 7) is 3.53. The molecule has 7 atom stereocenters. The summed E-state index contributed by atoms with van der Waals surface area (Å²) >= 11 is 0. The van der Waals surface area contributed by atoms with Crippen LogP contribution in [0.4, 0.5) is 0 Å². The lowest BCUT2D eigenvalue weighted by atomic mass is 9.79. The Hall–Kier alpha value is -1.38. The van der Waals surface area contributed by atoms with Gasteiger partial charge in [0.25, 0.3) is 10.2 Å². The molecule has 3 aliphatic rings. The number of nitrogens with two attached hydrogens (primary N) is 1. The number of carboxylic acids is 1. The van der Waals surface area contributed by atoms with Crippen LogP contribution in [-0.4, -0.2) is 76.1 Å². The van der Waals surface area contributed by atoms with E-state index < -0.39 is 62.1 Å². The van der Waals surface area contributed by atoms with Crippen molar-refractivity contribution >= 4 is 32.9 Å². The highest BCUT2D eigenvalue weighted by Crippen LogP contribution is 2.48. The van der Waals surface area contributed by atoms with Crippen LogP contribution in [0.3, 0.4) is 0 Å². The maximum absolute atomic E-state index is 13.2. The summed E-state index contributed by atoms with van der Waals surface area (Å²) < 4.78 is 37.4. The summed E-state index contributed by atoms with van der Waals surface area (Å²) in [5.41, 5.74) is -0.260. The number of nitrogens with zero attached hydrogens (tertiary/aromatic N) is 1. The van der Waals surface area contributed by atoms with Crippen molar-refractivity contribution in [3.05, 3.63) is 10.6 Å². The molecular weight excluding hydrogens is 412 g/mol. The van der Waals surface area contributed by atoms with Crippen molar-refractivity contribution in [2.75, 3.05) is 13.1 Å². The molecule has 0 aliphatic carbocycles. The number of fused-ring (bicyclic) bond motifs is 1. The zero-order valence-corrected chi connectivity index (χ0v) is 17.0. The van der Waals surface area contributed by atoms with E-state index in [0.717, 1.165) is 4.90 Å². The van der Waals surface area contributed by atoms with E-state index in [1.807, 2.05) is 0 Å². The zero-order chi connectivity index (χ0) is 21.0. The van der Waals surface area contributed by atoms with Crippen LogP contribution in [0.1, 0.15) is 20.3 Å². The van der Waals surface area contributed by atoms with Gasteiger partial charge in [-0.05, 0) is 13.3 Å². The molecular formula is C15H24N4O7S2. The molecule has 13 heteroatoms. The number of aliphatic carboxylic acids is 1. The normalized spacial score (nSPS) is 34.9. The molecule has 0 bridgehead atoms. The van der Waals surface area contributed by atoms with Crippen LogP contribution >= 0.6 is 0 Å². The van der Waals surface area contributed by atoms with Crippen molar-refractivity contribution in [3.8, 4) is 0 Å². The van der Waals surface area contributed by atoms with E-state index in [1.165, 1.54) is 6.92 Å². The predicted octanol–water partition coefficient (Wildman–Crippen LogP) is -2.59. The smallest absolute Gasteiger partial charge is 0.353 e. The minimum atomic E-state index is -3.84. The predicted molar refractivity (Wildman–Crippen MR) is 99.1 cm³/mol. The number of carbonyl (C=O) groups excluding carboxylic acids is 1.